The summed E-state index contributed by atoms with van der Waals surface area (Å²) in [5.74, 6) is 0.641. The topological polar surface area (TPSA) is 36.3 Å². The highest BCUT2D eigenvalue weighted by atomic mass is 32.1. The summed E-state index contributed by atoms with van der Waals surface area (Å²) in [7, 11) is 3.70. The van der Waals surface area contributed by atoms with E-state index in [1.54, 1.807) is 18.4 Å². The Bertz CT molecular complexity index is 601. The normalized spacial score (nSPS) is 12.2. The first kappa shape index (κ1) is 14.6. The fourth-order valence-electron chi connectivity index (χ4n) is 2.10. The van der Waals surface area contributed by atoms with Crippen LogP contribution in [0.25, 0.3) is 0 Å². The summed E-state index contributed by atoms with van der Waals surface area (Å²) in [6, 6.07) is 12.5. The molecule has 1 aromatic heterocycles. The van der Waals surface area contributed by atoms with Crippen molar-refractivity contribution in [3.63, 3.8) is 0 Å². The number of ether oxygens (including phenoxy) is 1. The smallest absolute Gasteiger partial charge is 0.136 e. The molecule has 0 bridgehead atoms. The van der Waals surface area contributed by atoms with Gasteiger partial charge >= 0.3 is 0 Å². The zero-order chi connectivity index (χ0) is 14.5. The molecule has 0 spiro atoms. The molecule has 104 valence electrons. The Hall–Kier alpha value is -1.83. The second-order valence-corrected chi connectivity index (χ2v) is 5.73. The van der Waals surface area contributed by atoms with Gasteiger partial charge in [0.05, 0.1) is 12.7 Å². The molecule has 0 fully saturated rings. The fraction of sp³-hybridized carbons (Fsp3) is 0.312. The van der Waals surface area contributed by atoms with Crippen LogP contribution in [-0.4, -0.2) is 19.1 Å². The standard InChI is InChI=1S/C16H18N2OS/c1-12(16-5-4-8-20-16)18(2)11-13-6-7-14(10-17)15(9-13)19-3/h4-9,12H,11H2,1-3H3. The first-order chi connectivity index (χ1) is 9.65. The molecule has 1 atom stereocenters. The van der Waals surface area contributed by atoms with Gasteiger partial charge < -0.3 is 4.74 Å². The third-order valence-electron chi connectivity index (χ3n) is 3.43. The highest BCUT2D eigenvalue weighted by molar-refractivity contribution is 7.10. The van der Waals surface area contributed by atoms with Crippen molar-refractivity contribution in [3.05, 3.63) is 51.7 Å². The molecule has 0 aliphatic rings. The minimum atomic E-state index is 0.372. The van der Waals surface area contributed by atoms with E-state index < -0.39 is 0 Å². The number of hydrogen-bond acceptors (Lipinski definition) is 4. The number of nitrogens with zero attached hydrogens (tertiary/aromatic N) is 2. The van der Waals surface area contributed by atoms with Gasteiger partial charge in [0.25, 0.3) is 0 Å². The van der Waals surface area contributed by atoms with Gasteiger partial charge in [0.15, 0.2) is 0 Å². The number of nitriles is 1. The Balaban J connectivity index is 2.12. The van der Waals surface area contributed by atoms with Crippen LogP contribution in [0, 0.1) is 11.3 Å². The summed E-state index contributed by atoms with van der Waals surface area (Å²) in [4.78, 5) is 3.64. The van der Waals surface area contributed by atoms with Gasteiger partial charge in [-0.2, -0.15) is 5.26 Å². The first-order valence-electron chi connectivity index (χ1n) is 6.46. The van der Waals surface area contributed by atoms with Gasteiger partial charge in [-0.05, 0) is 43.1 Å². The summed E-state index contributed by atoms with van der Waals surface area (Å²) in [6.07, 6.45) is 0. The lowest BCUT2D eigenvalue weighted by atomic mass is 10.1. The van der Waals surface area contributed by atoms with Crippen molar-refractivity contribution in [2.24, 2.45) is 0 Å². The molecule has 0 amide bonds. The van der Waals surface area contributed by atoms with Crippen molar-refractivity contribution in [2.75, 3.05) is 14.2 Å². The third kappa shape index (κ3) is 3.19. The van der Waals surface area contributed by atoms with Crippen LogP contribution in [0.2, 0.25) is 0 Å². The Labute approximate surface area is 124 Å². The van der Waals surface area contributed by atoms with Gasteiger partial charge in [0, 0.05) is 17.5 Å². The monoisotopic (exact) mass is 286 g/mol. The van der Waals surface area contributed by atoms with E-state index in [2.05, 4.69) is 42.5 Å². The molecule has 0 N–H and O–H groups in total. The largest absolute Gasteiger partial charge is 0.495 e. The summed E-state index contributed by atoms with van der Waals surface area (Å²) < 4.78 is 5.25. The average molecular weight is 286 g/mol. The Kier molecular flexibility index (Phi) is 4.78. The Morgan fingerprint density at radius 3 is 2.80 bits per heavy atom. The number of benzene rings is 1. The zero-order valence-electron chi connectivity index (χ0n) is 12.0. The minimum absolute atomic E-state index is 0.372. The Morgan fingerprint density at radius 1 is 1.40 bits per heavy atom. The van der Waals surface area contributed by atoms with Gasteiger partial charge in [-0.1, -0.05) is 12.1 Å². The molecular weight excluding hydrogens is 268 g/mol. The van der Waals surface area contributed by atoms with E-state index >= 15 is 0 Å². The molecule has 4 heteroatoms. The molecular formula is C16H18N2OS. The molecule has 3 nitrogen and oxygen atoms in total. The predicted octanol–water partition coefficient (Wildman–Crippen LogP) is 3.82. The molecule has 0 aliphatic carbocycles. The average Bonchev–Trinajstić information content (AvgIpc) is 3.00. The maximum Gasteiger partial charge on any atom is 0.136 e. The van der Waals surface area contributed by atoms with Crippen molar-refractivity contribution in [2.45, 2.75) is 19.5 Å². The SMILES string of the molecule is COc1cc(CN(C)C(C)c2cccs2)ccc1C#N. The summed E-state index contributed by atoms with van der Waals surface area (Å²) in [5, 5.41) is 11.1. The minimum Gasteiger partial charge on any atom is -0.495 e. The lowest BCUT2D eigenvalue weighted by Gasteiger charge is -2.24. The van der Waals surface area contributed by atoms with E-state index in [1.165, 1.54) is 4.88 Å². The van der Waals surface area contributed by atoms with Gasteiger partial charge in [-0.15, -0.1) is 11.3 Å². The highest BCUT2D eigenvalue weighted by Gasteiger charge is 2.13. The van der Waals surface area contributed by atoms with E-state index in [-0.39, 0.29) is 0 Å². The van der Waals surface area contributed by atoms with Crippen LogP contribution in [0.4, 0.5) is 0 Å². The van der Waals surface area contributed by atoms with Crippen LogP contribution in [0.5, 0.6) is 5.75 Å². The first-order valence-corrected chi connectivity index (χ1v) is 7.34. The van der Waals surface area contributed by atoms with Gasteiger partial charge in [-0.3, -0.25) is 4.90 Å². The number of thiophene rings is 1. The molecule has 0 aliphatic heterocycles. The van der Waals surface area contributed by atoms with Crippen LogP contribution in [0.3, 0.4) is 0 Å². The maximum absolute atomic E-state index is 9.00. The second-order valence-electron chi connectivity index (χ2n) is 4.75. The van der Waals surface area contributed by atoms with Crippen LogP contribution in [0.15, 0.2) is 35.7 Å². The summed E-state index contributed by atoms with van der Waals surface area (Å²) >= 11 is 1.77. The van der Waals surface area contributed by atoms with E-state index in [0.29, 0.717) is 17.4 Å². The summed E-state index contributed by atoms with van der Waals surface area (Å²) in [6.45, 7) is 3.02. The zero-order valence-corrected chi connectivity index (χ0v) is 12.8. The van der Waals surface area contributed by atoms with Gasteiger partial charge in [-0.25, -0.2) is 0 Å². The molecule has 20 heavy (non-hydrogen) atoms. The predicted molar refractivity (Wildman–Crippen MR) is 81.9 cm³/mol. The number of methoxy groups -OCH3 is 1. The van der Waals surface area contributed by atoms with Crippen molar-refractivity contribution in [1.29, 1.82) is 5.26 Å². The quantitative estimate of drug-likeness (QED) is 0.838. The van der Waals surface area contributed by atoms with Gasteiger partial charge in [0.1, 0.15) is 11.8 Å². The molecule has 0 saturated carbocycles. The summed E-state index contributed by atoms with van der Waals surface area (Å²) in [5.41, 5.74) is 1.72. The third-order valence-corrected chi connectivity index (χ3v) is 4.48. The lowest BCUT2D eigenvalue weighted by molar-refractivity contribution is 0.256. The molecule has 1 unspecified atom stereocenters. The number of hydrogen-bond donors (Lipinski definition) is 0. The fourth-order valence-corrected chi connectivity index (χ4v) is 2.95. The van der Waals surface area contributed by atoms with E-state index in [1.807, 2.05) is 18.2 Å². The lowest BCUT2D eigenvalue weighted by Crippen LogP contribution is -2.21. The van der Waals surface area contributed by atoms with Crippen molar-refractivity contribution < 1.29 is 4.74 Å². The molecule has 1 heterocycles. The second kappa shape index (κ2) is 6.56. The van der Waals surface area contributed by atoms with E-state index in [9.17, 15) is 0 Å². The van der Waals surface area contributed by atoms with Crippen LogP contribution in [0.1, 0.15) is 29.0 Å². The molecule has 2 aromatic rings. The van der Waals surface area contributed by atoms with E-state index in [4.69, 9.17) is 10.00 Å². The maximum atomic E-state index is 9.00. The molecule has 0 radical (unpaired) electrons. The highest BCUT2D eigenvalue weighted by Crippen LogP contribution is 2.26. The molecule has 0 saturated heterocycles. The van der Waals surface area contributed by atoms with E-state index in [0.717, 1.165) is 12.1 Å². The van der Waals surface area contributed by atoms with Crippen LogP contribution >= 0.6 is 11.3 Å². The van der Waals surface area contributed by atoms with Gasteiger partial charge in [0.2, 0.25) is 0 Å². The van der Waals surface area contributed by atoms with Crippen molar-refractivity contribution >= 4 is 11.3 Å². The van der Waals surface area contributed by atoms with Crippen molar-refractivity contribution in [3.8, 4) is 11.8 Å². The number of rotatable bonds is 5. The molecule has 1 aromatic carbocycles. The van der Waals surface area contributed by atoms with Crippen molar-refractivity contribution in [1.82, 2.24) is 4.90 Å². The Morgan fingerprint density at radius 2 is 2.20 bits per heavy atom. The van der Waals surface area contributed by atoms with Crippen LogP contribution < -0.4 is 4.74 Å². The van der Waals surface area contributed by atoms with Crippen LogP contribution in [-0.2, 0) is 6.54 Å². The molecule has 2 rings (SSSR count).